The molecule has 1 atom stereocenters. The van der Waals surface area contributed by atoms with Crippen molar-refractivity contribution in [3.05, 3.63) is 18.1 Å². The summed E-state index contributed by atoms with van der Waals surface area (Å²) >= 11 is 0. The van der Waals surface area contributed by atoms with E-state index in [0.717, 1.165) is 19.3 Å². The third-order valence-electron chi connectivity index (χ3n) is 3.77. The zero-order chi connectivity index (χ0) is 16.7. The number of nitrogens with one attached hydrogen (secondary N) is 1. The maximum Gasteiger partial charge on any atom is 0.274 e. The van der Waals surface area contributed by atoms with Gasteiger partial charge < -0.3 is 15.0 Å². The van der Waals surface area contributed by atoms with Crippen molar-refractivity contribution in [2.45, 2.75) is 33.1 Å². The molecule has 0 spiro atoms. The minimum atomic E-state index is -0.187. The molecule has 23 heavy (non-hydrogen) atoms. The van der Waals surface area contributed by atoms with Crippen molar-refractivity contribution in [2.24, 2.45) is 5.92 Å². The number of hydrogen-bond acceptors (Lipinski definition) is 5. The largest absolute Gasteiger partial charge is 0.477 e. The molecule has 1 saturated heterocycles. The van der Waals surface area contributed by atoms with E-state index in [0.29, 0.717) is 32.1 Å². The number of nitrogens with zero attached hydrogens (tertiary/aromatic N) is 3. The average Bonchev–Trinajstić information content (AvgIpc) is 2.60. The fraction of sp³-hybridized carbons (Fsp3) is 0.625. The minimum Gasteiger partial charge on any atom is -0.477 e. The summed E-state index contributed by atoms with van der Waals surface area (Å²) in [4.78, 5) is 34.5. The SMILES string of the molecule is CCCNC(=O)C1CCCN(C(=O)c2cnc(OCC)cn2)C1. The molecule has 1 aromatic rings. The van der Waals surface area contributed by atoms with Crippen LogP contribution in [0.5, 0.6) is 5.88 Å². The van der Waals surface area contributed by atoms with Gasteiger partial charge in [-0.05, 0) is 26.2 Å². The first-order valence-electron chi connectivity index (χ1n) is 8.17. The van der Waals surface area contributed by atoms with Crippen LogP contribution in [-0.2, 0) is 4.79 Å². The summed E-state index contributed by atoms with van der Waals surface area (Å²) in [5.41, 5.74) is 0.281. The lowest BCUT2D eigenvalue weighted by Gasteiger charge is -2.31. The fourth-order valence-electron chi connectivity index (χ4n) is 2.58. The maximum atomic E-state index is 12.5. The number of carbonyl (C=O) groups is 2. The molecule has 1 N–H and O–H groups in total. The van der Waals surface area contributed by atoms with Crippen LogP contribution in [0.2, 0.25) is 0 Å². The van der Waals surface area contributed by atoms with Crippen LogP contribution in [0.1, 0.15) is 43.6 Å². The van der Waals surface area contributed by atoms with E-state index < -0.39 is 0 Å². The van der Waals surface area contributed by atoms with E-state index in [9.17, 15) is 9.59 Å². The Kier molecular flexibility index (Phi) is 6.31. The molecule has 0 radical (unpaired) electrons. The van der Waals surface area contributed by atoms with Gasteiger partial charge >= 0.3 is 0 Å². The molecule has 2 amide bonds. The Hall–Kier alpha value is -2.18. The Morgan fingerprint density at radius 1 is 1.35 bits per heavy atom. The summed E-state index contributed by atoms with van der Waals surface area (Å²) < 4.78 is 5.22. The number of carbonyl (C=O) groups excluding carboxylic acids is 2. The minimum absolute atomic E-state index is 0.0297. The van der Waals surface area contributed by atoms with Crippen LogP contribution >= 0.6 is 0 Å². The monoisotopic (exact) mass is 320 g/mol. The first-order chi connectivity index (χ1) is 11.2. The summed E-state index contributed by atoms with van der Waals surface area (Å²) in [6.07, 6.45) is 5.41. The maximum absolute atomic E-state index is 12.5. The van der Waals surface area contributed by atoms with Gasteiger partial charge in [0.25, 0.3) is 5.91 Å². The van der Waals surface area contributed by atoms with Crippen molar-refractivity contribution in [1.29, 1.82) is 0 Å². The molecule has 0 aromatic carbocycles. The highest BCUT2D eigenvalue weighted by Gasteiger charge is 2.29. The van der Waals surface area contributed by atoms with Gasteiger partial charge in [-0.15, -0.1) is 0 Å². The van der Waals surface area contributed by atoms with Crippen molar-refractivity contribution < 1.29 is 14.3 Å². The topological polar surface area (TPSA) is 84.4 Å². The average molecular weight is 320 g/mol. The van der Waals surface area contributed by atoms with Gasteiger partial charge in [0.1, 0.15) is 5.69 Å². The number of aromatic nitrogens is 2. The zero-order valence-electron chi connectivity index (χ0n) is 13.7. The highest BCUT2D eigenvalue weighted by molar-refractivity contribution is 5.92. The van der Waals surface area contributed by atoms with Crippen molar-refractivity contribution in [2.75, 3.05) is 26.2 Å². The van der Waals surface area contributed by atoms with E-state index in [-0.39, 0.29) is 23.4 Å². The van der Waals surface area contributed by atoms with Crippen molar-refractivity contribution >= 4 is 11.8 Å². The molecule has 0 bridgehead atoms. The molecular weight excluding hydrogens is 296 g/mol. The zero-order valence-corrected chi connectivity index (χ0v) is 13.7. The van der Waals surface area contributed by atoms with Gasteiger partial charge in [-0.3, -0.25) is 9.59 Å². The van der Waals surface area contributed by atoms with Gasteiger partial charge in [0.2, 0.25) is 11.8 Å². The summed E-state index contributed by atoms with van der Waals surface area (Å²) in [7, 11) is 0. The number of ether oxygens (including phenoxy) is 1. The van der Waals surface area contributed by atoms with Gasteiger partial charge in [-0.1, -0.05) is 6.92 Å². The van der Waals surface area contributed by atoms with E-state index in [1.165, 1.54) is 12.4 Å². The van der Waals surface area contributed by atoms with E-state index in [1.54, 1.807) is 4.90 Å². The molecule has 7 heteroatoms. The quantitative estimate of drug-likeness (QED) is 0.853. The summed E-state index contributed by atoms with van der Waals surface area (Å²) in [5.74, 6) is 0.102. The predicted molar refractivity (Wildman–Crippen MR) is 85.1 cm³/mol. The lowest BCUT2D eigenvalue weighted by atomic mass is 9.97. The van der Waals surface area contributed by atoms with Gasteiger partial charge in [0.15, 0.2) is 0 Å². The molecule has 2 heterocycles. The van der Waals surface area contributed by atoms with Gasteiger partial charge in [-0.2, -0.15) is 0 Å². The van der Waals surface area contributed by atoms with Crippen LogP contribution in [0.4, 0.5) is 0 Å². The lowest BCUT2D eigenvalue weighted by molar-refractivity contribution is -0.126. The van der Waals surface area contributed by atoms with Crippen LogP contribution in [0, 0.1) is 5.92 Å². The van der Waals surface area contributed by atoms with E-state index in [4.69, 9.17) is 4.74 Å². The second-order valence-corrected chi connectivity index (χ2v) is 5.55. The van der Waals surface area contributed by atoms with Gasteiger partial charge in [0.05, 0.1) is 24.9 Å². The Balaban J connectivity index is 1.97. The van der Waals surface area contributed by atoms with Gasteiger partial charge in [0, 0.05) is 19.6 Å². The predicted octanol–water partition coefficient (Wildman–Crippen LogP) is 1.25. The van der Waals surface area contributed by atoms with Crippen LogP contribution in [0.3, 0.4) is 0 Å². The van der Waals surface area contributed by atoms with Crippen LogP contribution in [0.15, 0.2) is 12.4 Å². The molecular formula is C16H24N4O3. The molecule has 1 aliphatic rings. The summed E-state index contributed by atoms with van der Waals surface area (Å²) in [6.45, 7) is 6.13. The van der Waals surface area contributed by atoms with Gasteiger partial charge in [-0.25, -0.2) is 9.97 Å². The van der Waals surface area contributed by atoms with Crippen molar-refractivity contribution in [3.8, 4) is 5.88 Å². The third kappa shape index (κ3) is 4.64. The molecule has 1 aliphatic heterocycles. The molecule has 2 rings (SSSR count). The Morgan fingerprint density at radius 2 is 2.17 bits per heavy atom. The molecule has 0 aliphatic carbocycles. The lowest BCUT2D eigenvalue weighted by Crippen LogP contribution is -2.45. The molecule has 0 saturated carbocycles. The van der Waals surface area contributed by atoms with E-state index in [1.807, 2.05) is 13.8 Å². The number of amides is 2. The molecule has 1 fully saturated rings. The molecule has 1 aromatic heterocycles. The summed E-state index contributed by atoms with van der Waals surface area (Å²) in [5, 5.41) is 2.90. The first-order valence-corrected chi connectivity index (χ1v) is 8.17. The second kappa shape index (κ2) is 8.45. The summed E-state index contributed by atoms with van der Waals surface area (Å²) in [6, 6.07) is 0. The Bertz CT molecular complexity index is 533. The first kappa shape index (κ1) is 17.2. The number of likely N-dealkylation sites (tertiary alicyclic amines) is 1. The third-order valence-corrected chi connectivity index (χ3v) is 3.77. The number of rotatable bonds is 6. The fourth-order valence-corrected chi connectivity index (χ4v) is 2.58. The second-order valence-electron chi connectivity index (χ2n) is 5.55. The van der Waals surface area contributed by atoms with E-state index >= 15 is 0 Å². The highest BCUT2D eigenvalue weighted by atomic mass is 16.5. The molecule has 126 valence electrons. The van der Waals surface area contributed by atoms with Crippen LogP contribution < -0.4 is 10.1 Å². The smallest absolute Gasteiger partial charge is 0.274 e. The normalized spacial score (nSPS) is 17.7. The Labute approximate surface area is 136 Å². The van der Waals surface area contributed by atoms with Crippen LogP contribution in [0.25, 0.3) is 0 Å². The molecule has 7 nitrogen and oxygen atoms in total. The van der Waals surface area contributed by atoms with Crippen molar-refractivity contribution in [1.82, 2.24) is 20.2 Å². The van der Waals surface area contributed by atoms with Crippen molar-refractivity contribution in [3.63, 3.8) is 0 Å². The number of piperidine rings is 1. The van der Waals surface area contributed by atoms with Crippen LogP contribution in [-0.4, -0.2) is 52.9 Å². The standard InChI is InChI=1S/C16H24N4O3/c1-3-7-17-15(21)12-6-5-8-20(11-12)16(22)13-9-19-14(10-18-13)23-4-2/h9-10,12H,3-8,11H2,1-2H3,(H,17,21). The Morgan fingerprint density at radius 3 is 2.83 bits per heavy atom. The van der Waals surface area contributed by atoms with E-state index in [2.05, 4.69) is 15.3 Å². The molecule has 1 unspecified atom stereocenters. The number of hydrogen-bond donors (Lipinski definition) is 1. The highest BCUT2D eigenvalue weighted by Crippen LogP contribution is 2.18.